The number of nitrogens with zero attached hydrogens (tertiary/aromatic N) is 3. The van der Waals surface area contributed by atoms with Gasteiger partial charge in [0.2, 0.25) is 5.13 Å². The van der Waals surface area contributed by atoms with E-state index in [-0.39, 0.29) is 5.41 Å². The van der Waals surface area contributed by atoms with E-state index < -0.39 is 0 Å². The van der Waals surface area contributed by atoms with E-state index in [9.17, 15) is 0 Å². The van der Waals surface area contributed by atoms with Crippen LogP contribution in [-0.4, -0.2) is 35.0 Å². The van der Waals surface area contributed by atoms with Crippen LogP contribution in [0.2, 0.25) is 0 Å². The van der Waals surface area contributed by atoms with Gasteiger partial charge in [0.1, 0.15) is 5.82 Å². The monoisotopic (exact) mass is 296 g/mol. The Kier molecular flexibility index (Phi) is 5.02. The van der Waals surface area contributed by atoms with E-state index >= 15 is 0 Å². The van der Waals surface area contributed by atoms with Crippen molar-refractivity contribution < 1.29 is 0 Å². The van der Waals surface area contributed by atoms with Crippen LogP contribution in [0.4, 0.5) is 5.13 Å². The predicted octanol–water partition coefficient (Wildman–Crippen LogP) is 3.05. The van der Waals surface area contributed by atoms with Gasteiger partial charge in [-0.05, 0) is 45.7 Å². The number of hydrogen-bond acceptors (Lipinski definition) is 5. The third-order valence-electron chi connectivity index (χ3n) is 3.87. The highest BCUT2D eigenvalue weighted by molar-refractivity contribution is 7.09. The van der Waals surface area contributed by atoms with E-state index in [0.717, 1.165) is 36.5 Å². The van der Waals surface area contributed by atoms with Crippen LogP contribution in [0.3, 0.4) is 0 Å². The molecule has 0 radical (unpaired) electrons. The molecule has 1 aliphatic rings. The van der Waals surface area contributed by atoms with Crippen LogP contribution < -0.4 is 10.2 Å². The van der Waals surface area contributed by atoms with E-state index in [1.807, 2.05) is 0 Å². The van der Waals surface area contributed by atoms with Gasteiger partial charge >= 0.3 is 0 Å². The van der Waals surface area contributed by atoms with Gasteiger partial charge < -0.3 is 10.2 Å². The lowest BCUT2D eigenvalue weighted by atomic mass is 9.96. The number of anilines is 1. The van der Waals surface area contributed by atoms with Gasteiger partial charge in [-0.15, -0.1) is 0 Å². The fourth-order valence-electron chi connectivity index (χ4n) is 2.49. The first kappa shape index (κ1) is 15.7. The van der Waals surface area contributed by atoms with Crippen molar-refractivity contribution in [1.82, 2.24) is 14.7 Å². The predicted molar refractivity (Wildman–Crippen MR) is 86.7 cm³/mol. The minimum atomic E-state index is 0.0339. The van der Waals surface area contributed by atoms with Crippen molar-refractivity contribution >= 4 is 16.7 Å². The molecule has 1 aromatic rings. The normalized spacial score (nSPS) is 17.7. The molecule has 20 heavy (non-hydrogen) atoms. The molecule has 0 saturated carbocycles. The maximum Gasteiger partial charge on any atom is 0.205 e. The lowest BCUT2D eigenvalue weighted by Gasteiger charge is -2.32. The maximum absolute atomic E-state index is 4.79. The second-order valence-corrected chi connectivity index (χ2v) is 7.82. The largest absolute Gasteiger partial charge is 0.344 e. The van der Waals surface area contributed by atoms with Crippen molar-refractivity contribution in [2.75, 3.05) is 24.5 Å². The summed E-state index contributed by atoms with van der Waals surface area (Å²) in [6.45, 7) is 14.4. The molecule has 5 heteroatoms. The molecule has 4 nitrogen and oxygen atoms in total. The first-order chi connectivity index (χ1) is 9.38. The number of piperidine rings is 1. The van der Waals surface area contributed by atoms with Crippen LogP contribution in [0.5, 0.6) is 0 Å². The molecular weight excluding hydrogens is 268 g/mol. The summed E-state index contributed by atoms with van der Waals surface area (Å²) in [6.07, 6.45) is 2.54. The van der Waals surface area contributed by atoms with Gasteiger partial charge in [-0.1, -0.05) is 20.8 Å². The Morgan fingerprint density at radius 1 is 1.30 bits per heavy atom. The van der Waals surface area contributed by atoms with Gasteiger partial charge in [-0.2, -0.15) is 4.37 Å². The van der Waals surface area contributed by atoms with Gasteiger partial charge in [-0.3, -0.25) is 0 Å². The first-order valence-electron chi connectivity index (χ1n) is 7.69. The van der Waals surface area contributed by atoms with E-state index in [4.69, 9.17) is 4.98 Å². The molecule has 0 atom stereocenters. The van der Waals surface area contributed by atoms with Gasteiger partial charge in [0.25, 0.3) is 0 Å². The molecule has 1 fully saturated rings. The molecule has 0 aliphatic carbocycles. The maximum atomic E-state index is 4.79. The molecule has 1 aromatic heterocycles. The molecule has 0 aromatic carbocycles. The third kappa shape index (κ3) is 3.92. The zero-order valence-electron chi connectivity index (χ0n) is 13.4. The number of rotatable bonds is 4. The Balaban J connectivity index is 2.09. The Morgan fingerprint density at radius 2 is 1.95 bits per heavy atom. The molecule has 0 unspecified atom stereocenters. The van der Waals surface area contributed by atoms with Crippen molar-refractivity contribution in [3.8, 4) is 0 Å². The summed E-state index contributed by atoms with van der Waals surface area (Å²) in [7, 11) is 0. The molecule has 1 N–H and O–H groups in total. The molecule has 1 aliphatic heterocycles. The number of aromatic nitrogens is 2. The average Bonchev–Trinajstić information content (AvgIpc) is 2.86. The molecule has 1 saturated heterocycles. The van der Waals surface area contributed by atoms with E-state index in [1.165, 1.54) is 12.8 Å². The van der Waals surface area contributed by atoms with E-state index in [0.29, 0.717) is 6.04 Å². The Hall–Kier alpha value is -0.680. The minimum Gasteiger partial charge on any atom is -0.344 e. The summed E-state index contributed by atoms with van der Waals surface area (Å²) < 4.78 is 4.56. The number of hydrogen-bond donors (Lipinski definition) is 1. The third-order valence-corrected chi connectivity index (χ3v) is 4.62. The highest BCUT2D eigenvalue weighted by Gasteiger charge is 2.25. The van der Waals surface area contributed by atoms with Gasteiger partial charge in [-0.25, -0.2) is 4.98 Å². The van der Waals surface area contributed by atoms with Crippen molar-refractivity contribution in [2.45, 2.75) is 58.9 Å². The summed E-state index contributed by atoms with van der Waals surface area (Å²) in [6, 6.07) is 0.477. The highest BCUT2D eigenvalue weighted by atomic mass is 32.1. The van der Waals surface area contributed by atoms with Crippen LogP contribution in [0, 0.1) is 5.92 Å². The molecule has 114 valence electrons. The van der Waals surface area contributed by atoms with Gasteiger partial charge in [0, 0.05) is 29.5 Å². The van der Waals surface area contributed by atoms with Crippen LogP contribution in [0.25, 0.3) is 0 Å². The summed E-state index contributed by atoms with van der Waals surface area (Å²) in [4.78, 5) is 7.22. The SMILES string of the molecule is CC(C)N(CC1CCNCC1)c1nc(C(C)(C)C)ns1. The lowest BCUT2D eigenvalue weighted by Crippen LogP contribution is -2.39. The summed E-state index contributed by atoms with van der Waals surface area (Å²) >= 11 is 1.55. The van der Waals surface area contributed by atoms with E-state index in [1.54, 1.807) is 11.5 Å². The van der Waals surface area contributed by atoms with Crippen molar-refractivity contribution in [1.29, 1.82) is 0 Å². The minimum absolute atomic E-state index is 0.0339. The molecule has 0 amide bonds. The molecular formula is C15H28N4S. The van der Waals surface area contributed by atoms with Crippen molar-refractivity contribution in [3.05, 3.63) is 5.82 Å². The van der Waals surface area contributed by atoms with Crippen LogP contribution in [0.1, 0.15) is 53.3 Å². The summed E-state index contributed by atoms with van der Waals surface area (Å²) in [5, 5.41) is 4.52. The van der Waals surface area contributed by atoms with Crippen molar-refractivity contribution in [2.24, 2.45) is 5.92 Å². The number of nitrogens with one attached hydrogen (secondary N) is 1. The Labute approximate surface area is 127 Å². The fourth-order valence-corrected chi connectivity index (χ4v) is 3.49. The van der Waals surface area contributed by atoms with E-state index in [2.05, 4.69) is 49.2 Å². The lowest BCUT2D eigenvalue weighted by molar-refractivity contribution is 0.367. The molecule has 0 spiro atoms. The second-order valence-electron chi connectivity index (χ2n) is 7.09. The molecule has 2 rings (SSSR count). The quantitative estimate of drug-likeness (QED) is 0.927. The summed E-state index contributed by atoms with van der Waals surface area (Å²) in [5.74, 6) is 1.74. The fraction of sp³-hybridized carbons (Fsp3) is 0.867. The topological polar surface area (TPSA) is 41.0 Å². The molecule has 0 bridgehead atoms. The van der Waals surface area contributed by atoms with Crippen molar-refractivity contribution in [3.63, 3.8) is 0 Å². The summed E-state index contributed by atoms with van der Waals surface area (Å²) in [5.41, 5.74) is 0.0339. The Bertz CT molecular complexity index is 416. The highest BCUT2D eigenvalue weighted by Crippen LogP contribution is 2.28. The zero-order chi connectivity index (χ0) is 14.8. The zero-order valence-corrected chi connectivity index (χ0v) is 14.3. The standard InChI is InChI=1S/C15H28N4S/c1-11(2)19(10-12-6-8-16-9-7-12)14-17-13(18-20-14)15(3,4)5/h11-12,16H,6-10H2,1-5H3. The van der Waals surface area contributed by atoms with Gasteiger partial charge in [0.05, 0.1) is 0 Å². The average molecular weight is 296 g/mol. The van der Waals surface area contributed by atoms with Gasteiger partial charge in [0.15, 0.2) is 0 Å². The Morgan fingerprint density at radius 3 is 2.45 bits per heavy atom. The van der Waals surface area contributed by atoms with Crippen LogP contribution in [0.15, 0.2) is 0 Å². The first-order valence-corrected chi connectivity index (χ1v) is 8.47. The molecule has 2 heterocycles. The second kappa shape index (κ2) is 6.39. The van der Waals surface area contributed by atoms with Crippen LogP contribution in [-0.2, 0) is 5.41 Å². The smallest absolute Gasteiger partial charge is 0.205 e. The van der Waals surface area contributed by atoms with Crippen LogP contribution >= 0.6 is 11.5 Å².